The van der Waals surface area contributed by atoms with E-state index in [2.05, 4.69) is 17.0 Å². The molecule has 1 aliphatic rings. The van der Waals surface area contributed by atoms with Crippen LogP contribution < -0.4 is 10.0 Å². The van der Waals surface area contributed by atoms with E-state index in [9.17, 15) is 8.42 Å². The van der Waals surface area contributed by atoms with Crippen molar-refractivity contribution in [3.8, 4) is 0 Å². The highest BCUT2D eigenvalue weighted by Gasteiger charge is 2.19. The molecule has 1 saturated carbocycles. The predicted molar refractivity (Wildman–Crippen MR) is 88.1 cm³/mol. The summed E-state index contributed by atoms with van der Waals surface area (Å²) < 4.78 is 27.6. The molecule has 21 heavy (non-hydrogen) atoms. The van der Waals surface area contributed by atoms with Crippen LogP contribution in [0.4, 0.5) is 0 Å². The maximum Gasteiger partial charge on any atom is 0.250 e. The van der Waals surface area contributed by atoms with Gasteiger partial charge in [0, 0.05) is 18.0 Å². The fourth-order valence-electron chi connectivity index (χ4n) is 2.75. The van der Waals surface area contributed by atoms with E-state index in [0.717, 1.165) is 30.8 Å². The molecule has 1 aromatic heterocycles. The second-order valence-corrected chi connectivity index (χ2v) is 8.90. The van der Waals surface area contributed by atoms with Gasteiger partial charge < -0.3 is 5.32 Å². The summed E-state index contributed by atoms with van der Waals surface area (Å²) in [6, 6.07) is 3.62. The van der Waals surface area contributed by atoms with Crippen LogP contribution in [-0.2, 0) is 16.6 Å². The van der Waals surface area contributed by atoms with Crippen molar-refractivity contribution >= 4 is 21.4 Å². The summed E-state index contributed by atoms with van der Waals surface area (Å²) in [6.07, 6.45) is 7.17. The number of hydrogen-bond acceptors (Lipinski definition) is 4. The Labute approximate surface area is 132 Å². The summed E-state index contributed by atoms with van der Waals surface area (Å²) in [6.45, 7) is 4.38. The fraction of sp³-hybridized carbons (Fsp3) is 0.733. The maximum atomic E-state index is 12.2. The number of nitrogens with one attached hydrogen (secondary N) is 2. The van der Waals surface area contributed by atoms with Crippen molar-refractivity contribution in [3.63, 3.8) is 0 Å². The zero-order valence-electron chi connectivity index (χ0n) is 12.7. The Bertz CT molecular complexity index is 520. The highest BCUT2D eigenvalue weighted by Crippen LogP contribution is 2.27. The Balaban J connectivity index is 1.80. The average molecular weight is 331 g/mol. The van der Waals surface area contributed by atoms with Crippen LogP contribution in [0.25, 0.3) is 0 Å². The molecule has 0 atom stereocenters. The van der Waals surface area contributed by atoms with Crippen molar-refractivity contribution in [2.24, 2.45) is 5.92 Å². The molecule has 0 saturated heterocycles. The van der Waals surface area contributed by atoms with Crippen molar-refractivity contribution in [1.82, 2.24) is 10.0 Å². The minimum atomic E-state index is -3.32. The Morgan fingerprint density at radius 1 is 1.24 bits per heavy atom. The van der Waals surface area contributed by atoms with Crippen molar-refractivity contribution in [1.29, 1.82) is 0 Å². The van der Waals surface area contributed by atoms with Gasteiger partial charge in [-0.15, -0.1) is 11.3 Å². The van der Waals surface area contributed by atoms with Gasteiger partial charge in [0.1, 0.15) is 4.21 Å². The normalized spacial score (nSPS) is 16.6. The Hall–Kier alpha value is -0.430. The first-order valence-electron chi connectivity index (χ1n) is 7.91. The molecule has 1 aromatic rings. The van der Waals surface area contributed by atoms with E-state index in [1.165, 1.54) is 37.0 Å². The largest absolute Gasteiger partial charge is 0.312 e. The Kier molecular flexibility index (Phi) is 6.67. The van der Waals surface area contributed by atoms with E-state index in [1.807, 2.05) is 6.07 Å². The lowest BCUT2D eigenvalue weighted by Gasteiger charge is -2.09. The van der Waals surface area contributed by atoms with Crippen molar-refractivity contribution in [3.05, 3.63) is 17.0 Å². The topological polar surface area (TPSA) is 58.2 Å². The van der Waals surface area contributed by atoms with Gasteiger partial charge in [-0.3, -0.25) is 0 Å². The third-order valence-corrected chi connectivity index (χ3v) is 6.99. The number of hydrogen-bond donors (Lipinski definition) is 2. The van der Waals surface area contributed by atoms with Crippen molar-refractivity contribution in [2.45, 2.75) is 56.2 Å². The minimum absolute atomic E-state index is 0.433. The zero-order valence-corrected chi connectivity index (χ0v) is 14.4. The molecular weight excluding hydrogens is 304 g/mol. The second-order valence-electron chi connectivity index (χ2n) is 5.73. The molecule has 2 N–H and O–H groups in total. The van der Waals surface area contributed by atoms with E-state index in [-0.39, 0.29) is 0 Å². The van der Waals surface area contributed by atoms with Crippen LogP contribution in [0.5, 0.6) is 0 Å². The Morgan fingerprint density at radius 3 is 2.71 bits per heavy atom. The molecule has 0 aliphatic heterocycles. The van der Waals surface area contributed by atoms with Gasteiger partial charge in [0.05, 0.1) is 0 Å². The summed E-state index contributed by atoms with van der Waals surface area (Å²) in [5.41, 5.74) is 0. The van der Waals surface area contributed by atoms with Crippen LogP contribution in [0.15, 0.2) is 16.3 Å². The first-order valence-corrected chi connectivity index (χ1v) is 10.2. The lowest BCUT2D eigenvalue weighted by molar-refractivity contribution is 0.496. The van der Waals surface area contributed by atoms with Crippen LogP contribution in [0.2, 0.25) is 0 Å². The molecule has 1 aliphatic carbocycles. The van der Waals surface area contributed by atoms with Gasteiger partial charge in [0.2, 0.25) is 10.0 Å². The molecule has 1 heterocycles. The number of rotatable bonds is 9. The van der Waals surface area contributed by atoms with E-state index >= 15 is 0 Å². The molecule has 0 aromatic carbocycles. The van der Waals surface area contributed by atoms with E-state index in [0.29, 0.717) is 16.7 Å². The summed E-state index contributed by atoms with van der Waals surface area (Å²) in [7, 11) is -3.32. The van der Waals surface area contributed by atoms with Crippen molar-refractivity contribution < 1.29 is 8.42 Å². The third-order valence-electron chi connectivity index (χ3n) is 3.95. The van der Waals surface area contributed by atoms with Gasteiger partial charge in [-0.05, 0) is 37.4 Å². The lowest BCUT2D eigenvalue weighted by atomic mass is 10.1. The smallest absolute Gasteiger partial charge is 0.250 e. The molecule has 0 spiro atoms. The highest BCUT2D eigenvalue weighted by molar-refractivity contribution is 7.91. The fourth-order valence-corrected chi connectivity index (χ4v) is 5.17. The molecule has 4 nitrogen and oxygen atoms in total. The predicted octanol–water partition coefficient (Wildman–Crippen LogP) is 3.11. The molecule has 0 radical (unpaired) electrons. The maximum absolute atomic E-state index is 12.2. The SMILES string of the molecule is CCCNCc1ccc(S(=O)(=O)NCCC2CCCC2)s1. The van der Waals surface area contributed by atoms with Crippen LogP contribution >= 0.6 is 11.3 Å². The standard InChI is InChI=1S/C15H26N2O2S2/c1-2-10-16-12-14-7-8-15(20-14)21(18,19)17-11-9-13-5-3-4-6-13/h7-8,13,16-17H,2-6,9-12H2,1H3. The average Bonchev–Trinajstić information content (AvgIpc) is 3.10. The minimum Gasteiger partial charge on any atom is -0.312 e. The lowest BCUT2D eigenvalue weighted by Crippen LogP contribution is -2.25. The molecule has 1 fully saturated rings. The molecule has 0 unspecified atom stereocenters. The third kappa shape index (κ3) is 5.36. The Morgan fingerprint density at radius 2 is 2.00 bits per heavy atom. The molecule has 0 bridgehead atoms. The van der Waals surface area contributed by atoms with Gasteiger partial charge in [-0.2, -0.15) is 0 Å². The second kappa shape index (κ2) is 8.27. The highest BCUT2D eigenvalue weighted by atomic mass is 32.2. The van der Waals surface area contributed by atoms with Crippen LogP contribution in [0.1, 0.15) is 50.3 Å². The monoisotopic (exact) mass is 330 g/mol. The van der Waals surface area contributed by atoms with Crippen molar-refractivity contribution in [2.75, 3.05) is 13.1 Å². The molecule has 0 amide bonds. The molecule has 6 heteroatoms. The van der Waals surface area contributed by atoms with Crippen LogP contribution in [-0.4, -0.2) is 21.5 Å². The van der Waals surface area contributed by atoms with E-state index in [1.54, 1.807) is 6.07 Å². The van der Waals surface area contributed by atoms with E-state index in [4.69, 9.17) is 0 Å². The molecule has 2 rings (SSSR count). The van der Waals surface area contributed by atoms with Gasteiger partial charge in [-0.1, -0.05) is 32.6 Å². The quantitative estimate of drug-likeness (QED) is 0.684. The van der Waals surface area contributed by atoms with Gasteiger partial charge in [0.25, 0.3) is 0 Å². The summed E-state index contributed by atoms with van der Waals surface area (Å²) in [5, 5.41) is 3.29. The summed E-state index contributed by atoms with van der Waals surface area (Å²) in [4.78, 5) is 1.07. The first-order chi connectivity index (χ1) is 10.1. The van der Waals surface area contributed by atoms with Gasteiger partial charge in [0.15, 0.2) is 0 Å². The summed E-state index contributed by atoms with van der Waals surface area (Å²) >= 11 is 1.36. The van der Waals surface area contributed by atoms with E-state index < -0.39 is 10.0 Å². The molecule has 120 valence electrons. The zero-order chi connectivity index (χ0) is 15.1. The van der Waals surface area contributed by atoms with Gasteiger partial charge in [-0.25, -0.2) is 13.1 Å². The molecular formula is C15H26N2O2S2. The van der Waals surface area contributed by atoms with Crippen LogP contribution in [0, 0.1) is 5.92 Å². The number of thiophene rings is 1. The number of sulfonamides is 1. The first kappa shape index (κ1) is 16.9. The van der Waals surface area contributed by atoms with Gasteiger partial charge >= 0.3 is 0 Å². The summed E-state index contributed by atoms with van der Waals surface area (Å²) in [5.74, 6) is 0.713. The van der Waals surface area contributed by atoms with Crippen LogP contribution in [0.3, 0.4) is 0 Å².